The zero-order valence-corrected chi connectivity index (χ0v) is 14.3. The van der Waals surface area contributed by atoms with Crippen molar-refractivity contribution in [2.75, 3.05) is 11.9 Å². The van der Waals surface area contributed by atoms with Crippen molar-refractivity contribution in [1.29, 1.82) is 0 Å². The SMILES string of the molecule is Cc1cnc2c(F)cc(-c3c[nH]c4nc(NCC(C)C)ncc34)cn12. The Morgan fingerprint density at radius 1 is 1.28 bits per heavy atom. The Bertz CT molecular complexity index is 1060. The van der Waals surface area contributed by atoms with E-state index in [-0.39, 0.29) is 5.82 Å². The van der Waals surface area contributed by atoms with Crippen LogP contribution in [0, 0.1) is 18.7 Å². The van der Waals surface area contributed by atoms with Crippen LogP contribution in [0.1, 0.15) is 19.5 Å². The second kappa shape index (κ2) is 5.84. The molecule has 0 fully saturated rings. The van der Waals surface area contributed by atoms with Gasteiger partial charge in [-0.15, -0.1) is 0 Å². The molecule has 0 aliphatic carbocycles. The molecule has 4 aromatic rings. The van der Waals surface area contributed by atoms with Crippen LogP contribution < -0.4 is 5.32 Å². The Kier molecular flexibility index (Phi) is 3.63. The molecule has 4 heterocycles. The number of pyridine rings is 1. The van der Waals surface area contributed by atoms with Crippen LogP contribution in [0.15, 0.2) is 30.9 Å². The Hall–Kier alpha value is -2.96. The fourth-order valence-electron chi connectivity index (χ4n) is 2.84. The molecule has 2 N–H and O–H groups in total. The van der Waals surface area contributed by atoms with Crippen LogP contribution in [-0.4, -0.2) is 30.9 Å². The molecule has 0 aromatic carbocycles. The third-order valence-electron chi connectivity index (χ3n) is 4.16. The van der Waals surface area contributed by atoms with E-state index in [0.29, 0.717) is 17.5 Å². The third-order valence-corrected chi connectivity index (χ3v) is 4.16. The van der Waals surface area contributed by atoms with Gasteiger partial charge in [-0.1, -0.05) is 13.8 Å². The minimum absolute atomic E-state index is 0.331. The molecule has 25 heavy (non-hydrogen) atoms. The lowest BCUT2D eigenvalue weighted by Gasteiger charge is -2.07. The minimum Gasteiger partial charge on any atom is -0.354 e. The molecular weight excluding hydrogens is 319 g/mol. The lowest BCUT2D eigenvalue weighted by molar-refractivity contribution is 0.630. The highest BCUT2D eigenvalue weighted by Gasteiger charge is 2.13. The number of H-pyrrole nitrogens is 1. The zero-order valence-electron chi connectivity index (χ0n) is 14.3. The Morgan fingerprint density at radius 3 is 2.92 bits per heavy atom. The number of hydrogen-bond acceptors (Lipinski definition) is 4. The van der Waals surface area contributed by atoms with Crippen molar-refractivity contribution in [2.24, 2.45) is 5.92 Å². The van der Waals surface area contributed by atoms with E-state index in [2.05, 4.69) is 39.1 Å². The molecule has 0 saturated heterocycles. The van der Waals surface area contributed by atoms with Gasteiger partial charge in [0, 0.05) is 53.5 Å². The molecule has 0 spiro atoms. The molecular formula is C18H19FN6. The van der Waals surface area contributed by atoms with Gasteiger partial charge >= 0.3 is 0 Å². The molecule has 0 unspecified atom stereocenters. The third kappa shape index (κ3) is 2.71. The summed E-state index contributed by atoms with van der Waals surface area (Å²) in [6.07, 6.45) is 7.14. The van der Waals surface area contributed by atoms with Gasteiger partial charge in [-0.3, -0.25) is 0 Å². The van der Waals surface area contributed by atoms with Crippen LogP contribution >= 0.6 is 0 Å². The smallest absolute Gasteiger partial charge is 0.224 e. The van der Waals surface area contributed by atoms with Gasteiger partial charge in [0.15, 0.2) is 11.5 Å². The van der Waals surface area contributed by atoms with E-state index in [1.807, 2.05) is 19.3 Å². The highest BCUT2D eigenvalue weighted by Crippen LogP contribution is 2.29. The van der Waals surface area contributed by atoms with Crippen LogP contribution in [-0.2, 0) is 0 Å². The molecule has 6 nitrogen and oxygen atoms in total. The van der Waals surface area contributed by atoms with E-state index < -0.39 is 0 Å². The van der Waals surface area contributed by atoms with Crippen LogP contribution in [0.4, 0.5) is 10.3 Å². The number of aromatic nitrogens is 5. The van der Waals surface area contributed by atoms with E-state index in [4.69, 9.17) is 0 Å². The summed E-state index contributed by atoms with van der Waals surface area (Å²) >= 11 is 0. The standard InChI is InChI=1S/C18H19FN6/c1-10(2)5-22-18-23-8-14-13(7-20-16(14)24-18)12-4-15(19)17-21-6-11(3)25(17)9-12/h4,6-10H,5H2,1-3H3,(H2,20,22,23,24). The van der Waals surface area contributed by atoms with Crippen molar-refractivity contribution in [3.05, 3.63) is 42.4 Å². The van der Waals surface area contributed by atoms with Crippen molar-refractivity contribution in [1.82, 2.24) is 24.3 Å². The van der Waals surface area contributed by atoms with E-state index in [9.17, 15) is 4.39 Å². The fourth-order valence-corrected chi connectivity index (χ4v) is 2.84. The monoisotopic (exact) mass is 338 g/mol. The zero-order chi connectivity index (χ0) is 17.6. The van der Waals surface area contributed by atoms with E-state index in [0.717, 1.165) is 34.4 Å². The highest BCUT2D eigenvalue weighted by molar-refractivity contribution is 5.93. The lowest BCUT2D eigenvalue weighted by atomic mass is 10.1. The Morgan fingerprint density at radius 2 is 2.12 bits per heavy atom. The van der Waals surface area contributed by atoms with Gasteiger partial charge < -0.3 is 14.7 Å². The highest BCUT2D eigenvalue weighted by atomic mass is 19.1. The van der Waals surface area contributed by atoms with Gasteiger partial charge in [0.25, 0.3) is 0 Å². The summed E-state index contributed by atoms with van der Waals surface area (Å²) in [5.41, 5.74) is 3.55. The van der Waals surface area contributed by atoms with Gasteiger partial charge in [0.05, 0.1) is 0 Å². The molecule has 4 aromatic heterocycles. The average Bonchev–Trinajstić information content (AvgIpc) is 3.17. The first-order valence-corrected chi connectivity index (χ1v) is 8.24. The number of anilines is 1. The number of halogens is 1. The predicted octanol–water partition coefficient (Wildman–Crippen LogP) is 3.79. The minimum atomic E-state index is -0.351. The van der Waals surface area contributed by atoms with Crippen LogP contribution in [0.5, 0.6) is 0 Å². The van der Waals surface area contributed by atoms with Gasteiger partial charge in [-0.25, -0.2) is 14.4 Å². The molecule has 0 radical (unpaired) electrons. The van der Waals surface area contributed by atoms with E-state index >= 15 is 0 Å². The number of nitrogens with zero attached hydrogens (tertiary/aromatic N) is 4. The van der Waals surface area contributed by atoms with Gasteiger partial charge in [-0.05, 0) is 18.9 Å². The normalized spacial score (nSPS) is 11.7. The maximum absolute atomic E-state index is 14.4. The van der Waals surface area contributed by atoms with Gasteiger partial charge in [-0.2, -0.15) is 4.98 Å². The average molecular weight is 338 g/mol. The van der Waals surface area contributed by atoms with Crippen LogP contribution in [0.2, 0.25) is 0 Å². The summed E-state index contributed by atoms with van der Waals surface area (Å²) in [4.78, 5) is 16.1. The molecule has 0 aliphatic heterocycles. The molecule has 0 amide bonds. The second-order valence-corrected chi connectivity index (χ2v) is 6.60. The summed E-state index contributed by atoms with van der Waals surface area (Å²) in [5, 5.41) is 4.06. The first kappa shape index (κ1) is 15.6. The topological polar surface area (TPSA) is 70.9 Å². The maximum Gasteiger partial charge on any atom is 0.224 e. The van der Waals surface area contributed by atoms with Crippen molar-refractivity contribution < 1.29 is 4.39 Å². The van der Waals surface area contributed by atoms with Crippen LogP contribution in [0.3, 0.4) is 0 Å². The molecule has 128 valence electrons. The van der Waals surface area contributed by atoms with Crippen molar-refractivity contribution >= 4 is 22.6 Å². The summed E-state index contributed by atoms with van der Waals surface area (Å²) < 4.78 is 16.1. The fraction of sp³-hybridized carbons (Fsp3) is 0.278. The summed E-state index contributed by atoms with van der Waals surface area (Å²) in [6, 6.07) is 1.50. The largest absolute Gasteiger partial charge is 0.354 e. The molecule has 0 atom stereocenters. The quantitative estimate of drug-likeness (QED) is 0.594. The lowest BCUT2D eigenvalue weighted by Crippen LogP contribution is -2.10. The first-order valence-electron chi connectivity index (χ1n) is 8.24. The van der Waals surface area contributed by atoms with Crippen molar-refractivity contribution in [3.8, 4) is 11.1 Å². The van der Waals surface area contributed by atoms with E-state index in [1.165, 1.54) is 6.07 Å². The molecule has 0 bridgehead atoms. The molecule has 4 rings (SSSR count). The number of aromatic amines is 1. The van der Waals surface area contributed by atoms with Crippen LogP contribution in [0.25, 0.3) is 27.8 Å². The van der Waals surface area contributed by atoms with Crippen molar-refractivity contribution in [3.63, 3.8) is 0 Å². The van der Waals surface area contributed by atoms with Gasteiger partial charge in [0.2, 0.25) is 5.95 Å². The molecule has 0 saturated carbocycles. The number of nitrogens with one attached hydrogen (secondary N) is 2. The van der Waals surface area contributed by atoms with E-state index in [1.54, 1.807) is 16.8 Å². The number of hydrogen-bond donors (Lipinski definition) is 2. The molecule has 0 aliphatic rings. The molecule has 7 heteroatoms. The van der Waals surface area contributed by atoms with Gasteiger partial charge in [0.1, 0.15) is 5.65 Å². The summed E-state index contributed by atoms with van der Waals surface area (Å²) in [7, 11) is 0. The number of imidazole rings is 1. The first-order chi connectivity index (χ1) is 12.0. The Balaban J connectivity index is 1.78. The summed E-state index contributed by atoms with van der Waals surface area (Å²) in [6.45, 7) is 6.96. The second-order valence-electron chi connectivity index (χ2n) is 6.60. The van der Waals surface area contributed by atoms with Crippen molar-refractivity contribution in [2.45, 2.75) is 20.8 Å². The maximum atomic E-state index is 14.4. The number of rotatable bonds is 4. The Labute approximate surface area is 144 Å². The number of aryl methyl sites for hydroxylation is 1. The summed E-state index contributed by atoms with van der Waals surface area (Å²) in [5.74, 6) is 0.740. The predicted molar refractivity (Wildman–Crippen MR) is 96.1 cm³/mol. The number of fused-ring (bicyclic) bond motifs is 2.